The highest BCUT2D eigenvalue weighted by Gasteiger charge is 2.05. The molecule has 4 nitrogen and oxygen atoms in total. The van der Waals surface area contributed by atoms with Gasteiger partial charge in [0.15, 0.2) is 0 Å². The summed E-state index contributed by atoms with van der Waals surface area (Å²) in [5.74, 6) is -1.50. The third kappa shape index (κ3) is 3.61. The number of anilines is 1. The molecule has 0 aliphatic rings. The fourth-order valence-electron chi connectivity index (χ4n) is 1.47. The molecule has 20 heavy (non-hydrogen) atoms. The average Bonchev–Trinajstić information content (AvgIpc) is 2.43. The number of carbonyl (C=O) groups excluding carboxylic acids is 1. The summed E-state index contributed by atoms with van der Waals surface area (Å²) < 4.78 is 26.5. The monoisotopic (exact) mass is 275 g/mol. The van der Waals surface area contributed by atoms with Crippen LogP contribution in [0, 0.1) is 11.6 Å². The van der Waals surface area contributed by atoms with Gasteiger partial charge in [0, 0.05) is 5.69 Å². The topological polar surface area (TPSA) is 53.5 Å². The number of para-hydroxylation sites is 1. The molecule has 0 aliphatic heterocycles. The summed E-state index contributed by atoms with van der Waals surface area (Å²) in [6.45, 7) is 0. The number of amides is 2. The number of rotatable bonds is 3. The first kappa shape index (κ1) is 13.7. The van der Waals surface area contributed by atoms with Gasteiger partial charge in [0.2, 0.25) is 0 Å². The Bertz CT molecular complexity index is 609. The Morgan fingerprint density at radius 1 is 1.00 bits per heavy atom. The van der Waals surface area contributed by atoms with Crippen molar-refractivity contribution in [3.63, 3.8) is 0 Å². The number of hydrogen-bond acceptors (Lipinski definition) is 2. The zero-order valence-electron chi connectivity index (χ0n) is 10.3. The summed E-state index contributed by atoms with van der Waals surface area (Å²) >= 11 is 0. The molecule has 0 heterocycles. The molecule has 102 valence electrons. The Hall–Kier alpha value is -2.76. The molecule has 0 saturated carbocycles. The van der Waals surface area contributed by atoms with Crippen LogP contribution in [-0.4, -0.2) is 12.2 Å². The third-order valence-corrected chi connectivity index (χ3v) is 2.39. The van der Waals surface area contributed by atoms with E-state index < -0.39 is 17.7 Å². The van der Waals surface area contributed by atoms with Crippen LogP contribution in [0.4, 0.5) is 19.3 Å². The molecule has 0 saturated heterocycles. The molecule has 6 heteroatoms. The van der Waals surface area contributed by atoms with Gasteiger partial charge in [0.1, 0.15) is 11.6 Å². The van der Waals surface area contributed by atoms with Gasteiger partial charge in [0.05, 0.1) is 11.8 Å². The Balaban J connectivity index is 1.95. The van der Waals surface area contributed by atoms with E-state index in [1.807, 2.05) is 6.07 Å². The van der Waals surface area contributed by atoms with E-state index in [-0.39, 0.29) is 5.56 Å². The summed E-state index contributed by atoms with van der Waals surface area (Å²) in [5, 5.41) is 6.00. The first-order valence-corrected chi connectivity index (χ1v) is 5.76. The number of hydrazone groups is 1. The highest BCUT2D eigenvalue weighted by Crippen LogP contribution is 2.09. The minimum Gasteiger partial charge on any atom is -0.307 e. The van der Waals surface area contributed by atoms with E-state index >= 15 is 0 Å². The molecule has 2 amide bonds. The van der Waals surface area contributed by atoms with Crippen molar-refractivity contribution in [2.24, 2.45) is 5.10 Å². The molecular formula is C14H11F2N3O. The average molecular weight is 275 g/mol. The second-order valence-corrected chi connectivity index (χ2v) is 3.83. The number of carbonyl (C=O) groups is 1. The number of hydrogen-bond donors (Lipinski definition) is 2. The van der Waals surface area contributed by atoms with Crippen LogP contribution in [0.3, 0.4) is 0 Å². The van der Waals surface area contributed by atoms with Gasteiger partial charge >= 0.3 is 6.03 Å². The van der Waals surface area contributed by atoms with E-state index in [4.69, 9.17) is 0 Å². The number of nitrogens with zero attached hydrogens (tertiary/aromatic N) is 1. The SMILES string of the molecule is O=C(N/N=C\c1c(F)cccc1F)Nc1ccccc1. The lowest BCUT2D eigenvalue weighted by molar-refractivity contribution is 0.252. The highest BCUT2D eigenvalue weighted by molar-refractivity contribution is 5.90. The second kappa shape index (κ2) is 6.42. The number of benzene rings is 2. The van der Waals surface area contributed by atoms with Crippen LogP contribution in [0.5, 0.6) is 0 Å². The molecule has 2 N–H and O–H groups in total. The van der Waals surface area contributed by atoms with Crippen molar-refractivity contribution in [3.05, 3.63) is 65.7 Å². The maximum Gasteiger partial charge on any atom is 0.339 e. The fourth-order valence-corrected chi connectivity index (χ4v) is 1.47. The minimum atomic E-state index is -0.751. The van der Waals surface area contributed by atoms with Gasteiger partial charge in [-0.05, 0) is 24.3 Å². The van der Waals surface area contributed by atoms with E-state index in [2.05, 4.69) is 15.8 Å². The first-order valence-electron chi connectivity index (χ1n) is 5.76. The van der Waals surface area contributed by atoms with Crippen LogP contribution in [-0.2, 0) is 0 Å². The van der Waals surface area contributed by atoms with Crippen LogP contribution in [0.25, 0.3) is 0 Å². The van der Waals surface area contributed by atoms with Gasteiger partial charge < -0.3 is 5.32 Å². The standard InChI is InChI=1S/C14H11F2N3O/c15-12-7-4-8-13(16)11(12)9-17-19-14(20)18-10-5-2-1-3-6-10/h1-9H,(H2,18,19,20)/b17-9-. The lowest BCUT2D eigenvalue weighted by atomic mass is 10.2. The molecule has 2 rings (SSSR count). The van der Waals surface area contributed by atoms with Crippen molar-refractivity contribution in [1.82, 2.24) is 5.43 Å². The van der Waals surface area contributed by atoms with Crippen molar-refractivity contribution in [2.75, 3.05) is 5.32 Å². The Labute approximate surface area is 114 Å². The summed E-state index contributed by atoms with van der Waals surface area (Å²) in [4.78, 5) is 11.4. The Kier molecular flexibility index (Phi) is 4.39. The summed E-state index contributed by atoms with van der Waals surface area (Å²) in [5.41, 5.74) is 2.39. The van der Waals surface area contributed by atoms with Crippen LogP contribution in [0.15, 0.2) is 53.6 Å². The molecule has 2 aromatic rings. The maximum absolute atomic E-state index is 13.3. The predicted octanol–water partition coefficient (Wildman–Crippen LogP) is 3.12. The van der Waals surface area contributed by atoms with Crippen LogP contribution < -0.4 is 10.7 Å². The molecule has 2 aromatic carbocycles. The van der Waals surface area contributed by atoms with Crippen molar-refractivity contribution >= 4 is 17.9 Å². The number of halogens is 2. The highest BCUT2D eigenvalue weighted by atomic mass is 19.1. The molecule has 0 spiro atoms. The molecule has 0 aromatic heterocycles. The van der Waals surface area contributed by atoms with E-state index in [0.29, 0.717) is 5.69 Å². The fraction of sp³-hybridized carbons (Fsp3) is 0. The second-order valence-electron chi connectivity index (χ2n) is 3.83. The van der Waals surface area contributed by atoms with Crippen molar-refractivity contribution in [2.45, 2.75) is 0 Å². The van der Waals surface area contributed by atoms with Crippen molar-refractivity contribution in [3.8, 4) is 0 Å². The van der Waals surface area contributed by atoms with Gasteiger partial charge in [-0.1, -0.05) is 24.3 Å². The quantitative estimate of drug-likeness (QED) is 0.656. The van der Waals surface area contributed by atoms with E-state index in [0.717, 1.165) is 18.3 Å². The molecule has 0 unspecified atom stereocenters. The summed E-state index contributed by atoms with van der Waals surface area (Å²) in [7, 11) is 0. The van der Waals surface area contributed by atoms with E-state index in [1.54, 1.807) is 24.3 Å². The smallest absolute Gasteiger partial charge is 0.307 e. The molecule has 0 atom stereocenters. The molecule has 0 radical (unpaired) electrons. The van der Waals surface area contributed by atoms with E-state index in [9.17, 15) is 13.6 Å². The largest absolute Gasteiger partial charge is 0.339 e. The number of nitrogens with one attached hydrogen (secondary N) is 2. The molecular weight excluding hydrogens is 264 g/mol. The Morgan fingerprint density at radius 2 is 1.65 bits per heavy atom. The zero-order valence-corrected chi connectivity index (χ0v) is 10.3. The van der Waals surface area contributed by atoms with Crippen molar-refractivity contribution in [1.29, 1.82) is 0 Å². The molecule has 0 aliphatic carbocycles. The zero-order chi connectivity index (χ0) is 14.4. The summed E-state index contributed by atoms with van der Waals surface area (Å²) in [6.07, 6.45) is 0.912. The lowest BCUT2D eigenvalue weighted by Gasteiger charge is -2.03. The van der Waals surface area contributed by atoms with Gasteiger partial charge in [-0.2, -0.15) is 5.10 Å². The van der Waals surface area contributed by atoms with Gasteiger partial charge in [-0.25, -0.2) is 19.0 Å². The molecule has 0 bridgehead atoms. The first-order chi connectivity index (χ1) is 9.66. The lowest BCUT2D eigenvalue weighted by Crippen LogP contribution is -2.24. The summed E-state index contributed by atoms with van der Waals surface area (Å²) in [6, 6.07) is 11.6. The number of urea groups is 1. The maximum atomic E-state index is 13.3. The van der Waals surface area contributed by atoms with Gasteiger partial charge in [-0.15, -0.1) is 0 Å². The van der Waals surface area contributed by atoms with Crippen LogP contribution in [0.2, 0.25) is 0 Å². The third-order valence-electron chi connectivity index (χ3n) is 2.39. The Morgan fingerprint density at radius 3 is 2.30 bits per heavy atom. The van der Waals surface area contributed by atoms with Gasteiger partial charge in [0.25, 0.3) is 0 Å². The van der Waals surface area contributed by atoms with E-state index in [1.165, 1.54) is 6.07 Å². The molecule has 0 fully saturated rings. The van der Waals surface area contributed by atoms with Crippen LogP contribution in [0.1, 0.15) is 5.56 Å². The van der Waals surface area contributed by atoms with Crippen molar-refractivity contribution < 1.29 is 13.6 Å². The minimum absolute atomic E-state index is 0.312. The normalized spacial score (nSPS) is 10.5. The van der Waals surface area contributed by atoms with Crippen LogP contribution >= 0.6 is 0 Å². The predicted molar refractivity (Wildman–Crippen MR) is 72.5 cm³/mol. The van der Waals surface area contributed by atoms with Gasteiger partial charge in [-0.3, -0.25) is 0 Å².